The van der Waals surface area contributed by atoms with Gasteiger partial charge < -0.3 is 19.0 Å². The van der Waals surface area contributed by atoms with Crippen molar-refractivity contribution < 1.29 is 22.9 Å². The van der Waals surface area contributed by atoms with Gasteiger partial charge in [-0.15, -0.1) is 0 Å². The lowest BCUT2D eigenvalue weighted by Gasteiger charge is -2.34. The summed E-state index contributed by atoms with van der Waals surface area (Å²) in [6, 6.07) is 16.0. The second kappa shape index (κ2) is 8.86. The third-order valence-corrected chi connectivity index (χ3v) is 5.66. The van der Waals surface area contributed by atoms with Gasteiger partial charge in [-0.3, -0.25) is 4.90 Å². The molecule has 2 amide bonds. The molecular formula is C25H21FN4O4. The molecule has 1 aliphatic heterocycles. The average Bonchev–Trinajstić information content (AvgIpc) is 3.54. The fourth-order valence-electron chi connectivity index (χ4n) is 3.96. The van der Waals surface area contributed by atoms with E-state index in [1.54, 1.807) is 42.5 Å². The third-order valence-electron chi connectivity index (χ3n) is 5.66. The maximum Gasteiger partial charge on any atom is 0.322 e. The number of benzene rings is 2. The number of ether oxygens (including phenoxy) is 1. The van der Waals surface area contributed by atoms with Crippen molar-refractivity contribution in [1.29, 1.82) is 0 Å². The third kappa shape index (κ3) is 4.03. The van der Waals surface area contributed by atoms with Crippen LogP contribution in [0, 0.1) is 5.82 Å². The van der Waals surface area contributed by atoms with E-state index in [1.807, 2.05) is 31.2 Å². The van der Waals surface area contributed by atoms with Gasteiger partial charge in [-0.25, -0.2) is 9.18 Å². The summed E-state index contributed by atoms with van der Waals surface area (Å²) in [5, 5.41) is 7.09. The second-order valence-electron chi connectivity index (χ2n) is 7.76. The number of amides is 2. The summed E-state index contributed by atoms with van der Waals surface area (Å²) >= 11 is 0. The number of methoxy groups -OCH3 is 1. The fourth-order valence-corrected chi connectivity index (χ4v) is 3.96. The maximum absolute atomic E-state index is 13.7. The van der Waals surface area contributed by atoms with E-state index < -0.39 is 11.9 Å². The van der Waals surface area contributed by atoms with Crippen molar-refractivity contribution >= 4 is 11.6 Å². The van der Waals surface area contributed by atoms with E-state index in [4.69, 9.17) is 13.7 Å². The Kier molecular flexibility index (Phi) is 5.59. The fraction of sp³-hybridized carbons (Fsp3) is 0.160. The number of halogens is 1. The number of nitrogens with zero attached hydrogens (tertiary/aromatic N) is 3. The molecule has 8 nitrogen and oxygen atoms in total. The van der Waals surface area contributed by atoms with Crippen LogP contribution in [-0.4, -0.2) is 28.2 Å². The molecule has 0 bridgehead atoms. The molecule has 172 valence electrons. The molecule has 1 N–H and O–H groups in total. The number of hydrogen-bond donors (Lipinski definition) is 1. The Morgan fingerprint density at radius 3 is 2.76 bits per heavy atom. The normalized spacial score (nSPS) is 16.0. The Labute approximate surface area is 194 Å². The molecule has 0 saturated heterocycles. The Bertz CT molecular complexity index is 1360. The Hall–Kier alpha value is -4.40. The van der Waals surface area contributed by atoms with Gasteiger partial charge in [-0.2, -0.15) is 4.98 Å². The van der Waals surface area contributed by atoms with Crippen molar-refractivity contribution in [3.05, 3.63) is 95.7 Å². The van der Waals surface area contributed by atoms with E-state index >= 15 is 0 Å². The van der Waals surface area contributed by atoms with Gasteiger partial charge in [-0.05, 0) is 48.9 Å². The van der Waals surface area contributed by atoms with E-state index in [1.165, 1.54) is 12.1 Å². The van der Waals surface area contributed by atoms with E-state index in [2.05, 4.69) is 15.5 Å². The molecule has 0 saturated carbocycles. The van der Waals surface area contributed by atoms with Crippen LogP contribution in [-0.2, 0) is 6.54 Å². The first-order valence-corrected chi connectivity index (χ1v) is 10.6. The van der Waals surface area contributed by atoms with Crippen LogP contribution in [0.4, 0.5) is 9.18 Å². The summed E-state index contributed by atoms with van der Waals surface area (Å²) in [5.74, 6) is 1.33. The zero-order valence-corrected chi connectivity index (χ0v) is 18.5. The van der Waals surface area contributed by atoms with Gasteiger partial charge in [0.15, 0.2) is 0 Å². The number of hydrogen-bond acceptors (Lipinski definition) is 6. The van der Waals surface area contributed by atoms with E-state index in [0.717, 1.165) is 5.56 Å². The van der Waals surface area contributed by atoms with Crippen molar-refractivity contribution in [3.8, 4) is 17.1 Å². The molecule has 2 aromatic carbocycles. The summed E-state index contributed by atoms with van der Waals surface area (Å²) in [7, 11) is 1.58. The molecule has 1 unspecified atom stereocenters. The summed E-state index contributed by atoms with van der Waals surface area (Å²) in [5.41, 5.74) is 2.51. The molecule has 4 aromatic rings. The molecule has 3 heterocycles. The first kappa shape index (κ1) is 21.4. The van der Waals surface area contributed by atoms with Crippen LogP contribution in [0.3, 0.4) is 0 Å². The van der Waals surface area contributed by atoms with Crippen LogP contribution in [0.1, 0.15) is 30.2 Å². The number of aromatic nitrogens is 2. The molecule has 0 spiro atoms. The van der Waals surface area contributed by atoms with Crippen LogP contribution < -0.4 is 10.1 Å². The van der Waals surface area contributed by atoms with Crippen LogP contribution in [0.2, 0.25) is 0 Å². The number of rotatable bonds is 6. The summed E-state index contributed by atoms with van der Waals surface area (Å²) in [4.78, 5) is 19.2. The molecule has 0 radical (unpaired) electrons. The lowest BCUT2D eigenvalue weighted by molar-refractivity contribution is 0.199. The largest absolute Gasteiger partial charge is 0.497 e. The van der Waals surface area contributed by atoms with E-state index in [9.17, 15) is 9.18 Å². The minimum Gasteiger partial charge on any atom is -0.497 e. The number of nitrogens with one attached hydrogen (secondary N) is 1. The highest BCUT2D eigenvalue weighted by Gasteiger charge is 2.36. The standard InChI is InChI=1S/C25H21FN4O4/c1-15-21(24-28-23(29-34-24)17-7-3-8-18(26)12-17)22(16-6-4-9-19(13-16)32-2)27-25(31)30(15)14-20-10-5-11-33-20/h3-13,22H,14H2,1-2H3,(H,27,31). The van der Waals surface area contributed by atoms with Crippen LogP contribution >= 0.6 is 0 Å². The van der Waals surface area contributed by atoms with Crippen molar-refractivity contribution in [3.63, 3.8) is 0 Å². The number of furan rings is 1. The molecule has 0 aliphatic carbocycles. The monoisotopic (exact) mass is 460 g/mol. The molecular weight excluding hydrogens is 439 g/mol. The first-order valence-electron chi connectivity index (χ1n) is 10.6. The lowest BCUT2D eigenvalue weighted by atomic mass is 9.94. The Morgan fingerprint density at radius 1 is 1.15 bits per heavy atom. The number of carbonyl (C=O) groups excluding carboxylic acids is 1. The predicted molar refractivity (Wildman–Crippen MR) is 121 cm³/mol. The van der Waals surface area contributed by atoms with E-state index in [0.29, 0.717) is 28.3 Å². The molecule has 5 rings (SSSR count). The molecule has 34 heavy (non-hydrogen) atoms. The quantitative estimate of drug-likeness (QED) is 0.426. The second-order valence-corrected chi connectivity index (χ2v) is 7.76. The highest BCUT2D eigenvalue weighted by molar-refractivity contribution is 5.86. The number of allylic oxidation sites excluding steroid dienone is 1. The molecule has 1 atom stereocenters. The zero-order chi connectivity index (χ0) is 23.7. The topological polar surface area (TPSA) is 93.6 Å². The summed E-state index contributed by atoms with van der Waals surface area (Å²) in [6.45, 7) is 2.04. The Morgan fingerprint density at radius 2 is 2.00 bits per heavy atom. The van der Waals surface area contributed by atoms with Gasteiger partial charge in [-0.1, -0.05) is 29.4 Å². The van der Waals surface area contributed by atoms with Gasteiger partial charge in [0.2, 0.25) is 5.82 Å². The number of urea groups is 1. The lowest BCUT2D eigenvalue weighted by Crippen LogP contribution is -2.45. The number of carbonyl (C=O) groups is 1. The summed E-state index contributed by atoms with van der Waals surface area (Å²) < 4.78 is 30.2. The molecule has 9 heteroatoms. The van der Waals surface area contributed by atoms with Crippen LogP contribution in [0.25, 0.3) is 17.0 Å². The molecule has 2 aromatic heterocycles. The van der Waals surface area contributed by atoms with Gasteiger partial charge in [0.1, 0.15) is 17.3 Å². The van der Waals surface area contributed by atoms with E-state index in [-0.39, 0.29) is 24.3 Å². The SMILES string of the molecule is COc1cccc(C2NC(=O)N(Cc3ccco3)C(C)=C2c2nc(-c3cccc(F)c3)no2)c1. The first-order chi connectivity index (χ1) is 16.5. The highest BCUT2D eigenvalue weighted by atomic mass is 19.1. The summed E-state index contributed by atoms with van der Waals surface area (Å²) in [6.07, 6.45) is 1.56. The van der Waals surface area contributed by atoms with Crippen LogP contribution in [0.5, 0.6) is 5.75 Å². The van der Waals surface area contributed by atoms with Gasteiger partial charge in [0, 0.05) is 11.3 Å². The highest BCUT2D eigenvalue weighted by Crippen LogP contribution is 2.38. The Balaban J connectivity index is 1.61. The van der Waals surface area contributed by atoms with Crippen molar-refractivity contribution in [1.82, 2.24) is 20.4 Å². The zero-order valence-electron chi connectivity index (χ0n) is 18.5. The van der Waals surface area contributed by atoms with Gasteiger partial charge >= 0.3 is 6.03 Å². The smallest absolute Gasteiger partial charge is 0.322 e. The average molecular weight is 460 g/mol. The minimum atomic E-state index is -0.573. The molecule has 0 fully saturated rings. The van der Waals surface area contributed by atoms with Crippen molar-refractivity contribution in [2.24, 2.45) is 0 Å². The van der Waals surface area contributed by atoms with Crippen molar-refractivity contribution in [2.75, 3.05) is 7.11 Å². The van der Waals surface area contributed by atoms with Crippen LogP contribution in [0.15, 0.2) is 81.6 Å². The van der Waals surface area contributed by atoms with Gasteiger partial charge in [0.25, 0.3) is 5.89 Å². The van der Waals surface area contributed by atoms with Crippen molar-refractivity contribution in [2.45, 2.75) is 19.5 Å². The van der Waals surface area contributed by atoms with Gasteiger partial charge in [0.05, 0.1) is 31.5 Å². The molecule has 1 aliphatic rings. The maximum atomic E-state index is 13.7. The predicted octanol–water partition coefficient (Wildman–Crippen LogP) is 5.18. The minimum absolute atomic E-state index is 0.217.